The van der Waals surface area contributed by atoms with E-state index in [9.17, 15) is 13.5 Å². The summed E-state index contributed by atoms with van der Waals surface area (Å²) >= 11 is 3.32. The maximum absolute atomic E-state index is 11.1. The molecule has 1 aromatic rings. The lowest BCUT2D eigenvalue weighted by molar-refractivity contribution is 0.0538. The summed E-state index contributed by atoms with van der Waals surface area (Å²) in [6.07, 6.45) is 1.37. The van der Waals surface area contributed by atoms with Crippen LogP contribution in [0, 0.1) is 0 Å². The average molecular weight is 307 g/mol. The van der Waals surface area contributed by atoms with Crippen molar-refractivity contribution in [3.8, 4) is 0 Å². The fraction of sp³-hybridized carbons (Fsp3) is 0.455. The van der Waals surface area contributed by atoms with Gasteiger partial charge in [-0.15, -0.1) is 0 Å². The molecule has 1 atom stereocenters. The second-order valence-electron chi connectivity index (χ2n) is 4.16. The fourth-order valence-electron chi connectivity index (χ4n) is 1.35. The van der Waals surface area contributed by atoms with Gasteiger partial charge in [0.1, 0.15) is 9.84 Å². The number of aliphatic hydroxyl groups is 1. The predicted molar refractivity (Wildman–Crippen MR) is 68.0 cm³/mol. The molecule has 0 aliphatic heterocycles. The minimum atomic E-state index is -3.05. The SMILES string of the molecule is CC(O)(CCS(C)(=O)=O)c1cccc(Br)c1. The summed E-state index contributed by atoms with van der Waals surface area (Å²) in [5.74, 6) is -0.0213. The molecule has 1 unspecified atom stereocenters. The van der Waals surface area contributed by atoms with E-state index in [4.69, 9.17) is 0 Å². The average Bonchev–Trinajstić information content (AvgIpc) is 2.14. The molecule has 90 valence electrons. The summed E-state index contributed by atoms with van der Waals surface area (Å²) in [5.41, 5.74) is -0.405. The van der Waals surface area contributed by atoms with E-state index in [1.807, 2.05) is 12.1 Å². The van der Waals surface area contributed by atoms with E-state index in [1.54, 1.807) is 19.1 Å². The van der Waals surface area contributed by atoms with Gasteiger partial charge in [-0.3, -0.25) is 0 Å². The van der Waals surface area contributed by atoms with Crippen molar-refractivity contribution in [2.24, 2.45) is 0 Å². The molecule has 0 heterocycles. The molecule has 0 bridgehead atoms. The molecule has 3 nitrogen and oxygen atoms in total. The van der Waals surface area contributed by atoms with Gasteiger partial charge in [-0.2, -0.15) is 0 Å². The first-order valence-electron chi connectivity index (χ1n) is 4.87. The van der Waals surface area contributed by atoms with Crippen molar-refractivity contribution >= 4 is 25.8 Å². The lowest BCUT2D eigenvalue weighted by Gasteiger charge is -2.23. The van der Waals surface area contributed by atoms with Crippen molar-refractivity contribution < 1.29 is 13.5 Å². The Hall–Kier alpha value is -0.390. The van der Waals surface area contributed by atoms with Crippen LogP contribution in [-0.2, 0) is 15.4 Å². The maximum atomic E-state index is 11.1. The number of benzene rings is 1. The molecule has 0 radical (unpaired) electrons. The van der Waals surface area contributed by atoms with Crippen LogP contribution in [0.1, 0.15) is 18.9 Å². The summed E-state index contributed by atoms with van der Waals surface area (Å²) in [7, 11) is -3.05. The fourth-order valence-corrected chi connectivity index (χ4v) is 2.52. The summed E-state index contributed by atoms with van der Waals surface area (Å²) in [4.78, 5) is 0. The molecule has 0 aliphatic rings. The summed E-state index contributed by atoms with van der Waals surface area (Å²) < 4.78 is 23.0. The van der Waals surface area contributed by atoms with Gasteiger partial charge in [0.15, 0.2) is 0 Å². The first kappa shape index (κ1) is 13.7. The highest BCUT2D eigenvalue weighted by Crippen LogP contribution is 2.27. The first-order valence-corrected chi connectivity index (χ1v) is 7.72. The van der Waals surface area contributed by atoms with Crippen molar-refractivity contribution in [1.29, 1.82) is 0 Å². The van der Waals surface area contributed by atoms with Crippen LogP contribution in [-0.4, -0.2) is 25.5 Å². The third-order valence-corrected chi connectivity index (χ3v) is 3.85. The van der Waals surface area contributed by atoms with Gasteiger partial charge in [0, 0.05) is 10.7 Å². The molecule has 0 aliphatic carbocycles. The minimum absolute atomic E-state index is 0.0213. The van der Waals surface area contributed by atoms with Crippen LogP contribution in [0.4, 0.5) is 0 Å². The van der Waals surface area contributed by atoms with Crippen LogP contribution in [0.15, 0.2) is 28.7 Å². The van der Waals surface area contributed by atoms with Crippen LogP contribution in [0.5, 0.6) is 0 Å². The van der Waals surface area contributed by atoms with Crippen molar-refractivity contribution in [2.45, 2.75) is 18.9 Å². The number of hydrogen-bond donors (Lipinski definition) is 1. The second kappa shape index (κ2) is 4.85. The van der Waals surface area contributed by atoms with Crippen LogP contribution >= 0.6 is 15.9 Å². The van der Waals surface area contributed by atoms with Crippen LogP contribution in [0.25, 0.3) is 0 Å². The summed E-state index contributed by atoms with van der Waals surface area (Å²) in [5, 5.41) is 10.2. The monoisotopic (exact) mass is 306 g/mol. The van der Waals surface area contributed by atoms with Gasteiger partial charge in [0.05, 0.1) is 11.4 Å². The molecule has 1 rings (SSSR count). The Morgan fingerprint density at radius 2 is 2.06 bits per heavy atom. The largest absolute Gasteiger partial charge is 0.385 e. The van der Waals surface area contributed by atoms with E-state index in [-0.39, 0.29) is 12.2 Å². The molecule has 0 fully saturated rings. The van der Waals surface area contributed by atoms with Gasteiger partial charge < -0.3 is 5.11 Å². The van der Waals surface area contributed by atoms with Crippen LogP contribution in [0.2, 0.25) is 0 Å². The predicted octanol–water partition coefficient (Wildman–Crippen LogP) is 2.09. The van der Waals surface area contributed by atoms with Crippen molar-refractivity contribution in [2.75, 3.05) is 12.0 Å². The molecule has 0 amide bonds. The van der Waals surface area contributed by atoms with Crippen molar-refractivity contribution in [3.05, 3.63) is 34.3 Å². The molecular formula is C11H15BrO3S. The number of hydrogen-bond acceptors (Lipinski definition) is 3. The highest BCUT2D eigenvalue weighted by Gasteiger charge is 2.24. The number of sulfone groups is 1. The van der Waals surface area contributed by atoms with E-state index in [0.717, 1.165) is 4.47 Å². The molecule has 16 heavy (non-hydrogen) atoms. The molecule has 0 aromatic heterocycles. The lowest BCUT2D eigenvalue weighted by atomic mass is 9.93. The van der Waals surface area contributed by atoms with Gasteiger partial charge in [-0.05, 0) is 31.0 Å². The zero-order valence-electron chi connectivity index (χ0n) is 9.27. The quantitative estimate of drug-likeness (QED) is 0.927. The topological polar surface area (TPSA) is 54.4 Å². The highest BCUT2D eigenvalue weighted by molar-refractivity contribution is 9.10. The van der Waals surface area contributed by atoms with Crippen molar-refractivity contribution in [3.63, 3.8) is 0 Å². The number of halogens is 1. The van der Waals surface area contributed by atoms with Gasteiger partial charge in [-0.25, -0.2) is 8.42 Å². The Bertz CT molecular complexity index is 466. The Labute approximate surface area is 105 Å². The molecule has 1 aromatic carbocycles. The van der Waals surface area contributed by atoms with Gasteiger partial charge in [0.25, 0.3) is 0 Å². The first-order chi connectivity index (χ1) is 7.21. The molecule has 1 N–H and O–H groups in total. The van der Waals surface area contributed by atoms with E-state index in [2.05, 4.69) is 15.9 Å². The molecule has 5 heteroatoms. The van der Waals surface area contributed by atoms with E-state index < -0.39 is 15.4 Å². The number of rotatable bonds is 4. The Kier molecular flexibility index (Phi) is 4.15. The second-order valence-corrected chi connectivity index (χ2v) is 7.34. The van der Waals surface area contributed by atoms with E-state index in [1.165, 1.54) is 6.26 Å². The van der Waals surface area contributed by atoms with E-state index >= 15 is 0 Å². The van der Waals surface area contributed by atoms with Crippen LogP contribution in [0.3, 0.4) is 0 Å². The smallest absolute Gasteiger partial charge is 0.147 e. The van der Waals surface area contributed by atoms with Gasteiger partial charge in [-0.1, -0.05) is 28.1 Å². The van der Waals surface area contributed by atoms with E-state index in [0.29, 0.717) is 5.56 Å². The Morgan fingerprint density at radius 3 is 2.56 bits per heavy atom. The highest BCUT2D eigenvalue weighted by atomic mass is 79.9. The minimum Gasteiger partial charge on any atom is -0.385 e. The molecule has 0 saturated carbocycles. The molecule has 0 spiro atoms. The standard InChI is InChI=1S/C11H15BrO3S/c1-11(13,6-7-16(2,14)15)9-4-3-5-10(12)8-9/h3-5,8,13H,6-7H2,1-2H3. The normalized spacial score (nSPS) is 15.8. The summed E-state index contributed by atoms with van der Waals surface area (Å²) in [6, 6.07) is 7.25. The third-order valence-electron chi connectivity index (χ3n) is 2.41. The maximum Gasteiger partial charge on any atom is 0.147 e. The third kappa shape index (κ3) is 4.23. The van der Waals surface area contributed by atoms with Crippen LogP contribution < -0.4 is 0 Å². The zero-order valence-corrected chi connectivity index (χ0v) is 11.7. The van der Waals surface area contributed by atoms with Crippen molar-refractivity contribution in [1.82, 2.24) is 0 Å². The summed E-state index contributed by atoms with van der Waals surface area (Å²) in [6.45, 7) is 1.62. The lowest BCUT2D eigenvalue weighted by Crippen LogP contribution is -2.24. The Balaban J connectivity index is 2.85. The van der Waals surface area contributed by atoms with Gasteiger partial charge >= 0.3 is 0 Å². The van der Waals surface area contributed by atoms with Gasteiger partial charge in [0.2, 0.25) is 0 Å². The zero-order chi connectivity index (χ0) is 12.4. The Morgan fingerprint density at radius 1 is 1.44 bits per heavy atom. The molecular weight excluding hydrogens is 292 g/mol. The molecule has 0 saturated heterocycles.